The van der Waals surface area contributed by atoms with E-state index in [-0.39, 0.29) is 9.79 Å². The van der Waals surface area contributed by atoms with E-state index in [1.54, 1.807) is 13.0 Å². The second kappa shape index (κ2) is 6.04. The van der Waals surface area contributed by atoms with Crippen molar-refractivity contribution >= 4 is 19.9 Å². The topological polar surface area (TPSA) is 83.5 Å². The van der Waals surface area contributed by atoms with E-state index in [2.05, 4.69) is 5.32 Å². The quantitative estimate of drug-likeness (QED) is 0.865. The summed E-state index contributed by atoms with van der Waals surface area (Å²) in [6.45, 7) is 3.90. The normalized spacial score (nSPS) is 18.4. The highest BCUT2D eigenvalue weighted by molar-refractivity contribution is 7.91. The Balaban J connectivity index is 2.48. The summed E-state index contributed by atoms with van der Waals surface area (Å²) in [6, 6.07) is 4.24. The summed E-state index contributed by atoms with van der Waals surface area (Å²) in [5, 5.41) is 3.15. The van der Waals surface area contributed by atoms with Crippen molar-refractivity contribution in [3.63, 3.8) is 0 Å². The Morgan fingerprint density at radius 2 is 1.81 bits per heavy atom. The number of aryl methyl sites for hydroxylation is 1. The fraction of sp³-hybridized carbons (Fsp3) is 0.538. The van der Waals surface area contributed by atoms with Crippen molar-refractivity contribution in [1.29, 1.82) is 0 Å². The zero-order chi connectivity index (χ0) is 15.7. The molecule has 0 amide bonds. The third-order valence-corrected chi connectivity index (χ3v) is 6.66. The van der Waals surface area contributed by atoms with E-state index in [4.69, 9.17) is 0 Å². The second-order valence-corrected chi connectivity index (χ2v) is 9.13. The van der Waals surface area contributed by atoms with Gasteiger partial charge in [0, 0.05) is 25.9 Å². The summed E-state index contributed by atoms with van der Waals surface area (Å²) in [4.78, 5) is 0.104. The molecule has 1 N–H and O–H groups in total. The molecule has 8 heteroatoms. The lowest BCUT2D eigenvalue weighted by Gasteiger charge is -2.21. The van der Waals surface area contributed by atoms with Gasteiger partial charge < -0.3 is 5.32 Å². The van der Waals surface area contributed by atoms with Gasteiger partial charge in [0.05, 0.1) is 9.79 Å². The van der Waals surface area contributed by atoms with Crippen LogP contribution in [0.15, 0.2) is 28.0 Å². The Labute approximate surface area is 126 Å². The van der Waals surface area contributed by atoms with Crippen molar-refractivity contribution in [2.45, 2.75) is 23.1 Å². The van der Waals surface area contributed by atoms with Gasteiger partial charge in [-0.2, -0.15) is 4.31 Å². The smallest absolute Gasteiger partial charge is 0.243 e. The fourth-order valence-corrected chi connectivity index (χ4v) is 4.74. The largest absolute Gasteiger partial charge is 0.315 e. The first-order chi connectivity index (χ1) is 9.73. The molecule has 0 atom stereocenters. The molecule has 1 aliphatic rings. The molecule has 0 radical (unpaired) electrons. The lowest BCUT2D eigenvalue weighted by Crippen LogP contribution is -2.34. The summed E-state index contributed by atoms with van der Waals surface area (Å²) in [7, 11) is -7.11. The van der Waals surface area contributed by atoms with Crippen LogP contribution in [0.4, 0.5) is 0 Å². The number of hydrogen-bond donors (Lipinski definition) is 1. The highest BCUT2D eigenvalue weighted by Crippen LogP contribution is 2.24. The van der Waals surface area contributed by atoms with Crippen LogP contribution in [-0.2, 0) is 19.9 Å². The molecule has 1 aromatic rings. The zero-order valence-electron chi connectivity index (χ0n) is 12.2. The summed E-state index contributed by atoms with van der Waals surface area (Å²) in [5.74, 6) is 0. The molecule has 0 saturated carbocycles. The summed E-state index contributed by atoms with van der Waals surface area (Å²) in [6.07, 6.45) is 1.81. The maximum atomic E-state index is 12.7. The molecule has 2 rings (SSSR count). The zero-order valence-corrected chi connectivity index (χ0v) is 13.8. The van der Waals surface area contributed by atoms with Crippen molar-refractivity contribution in [3.05, 3.63) is 23.8 Å². The minimum atomic E-state index is -3.67. The van der Waals surface area contributed by atoms with Gasteiger partial charge in [-0.15, -0.1) is 0 Å². The van der Waals surface area contributed by atoms with Crippen molar-refractivity contribution in [2.75, 3.05) is 32.4 Å². The van der Waals surface area contributed by atoms with Crippen molar-refractivity contribution in [2.24, 2.45) is 0 Å². The predicted molar refractivity (Wildman–Crippen MR) is 80.5 cm³/mol. The molecule has 0 bridgehead atoms. The molecule has 1 heterocycles. The third kappa shape index (κ3) is 3.63. The Bertz CT molecular complexity index is 719. The number of nitrogens with zero attached hydrogens (tertiary/aromatic N) is 1. The molecular formula is C13H20N2O4S2. The van der Waals surface area contributed by atoms with Gasteiger partial charge in [0.25, 0.3) is 0 Å². The lowest BCUT2D eigenvalue weighted by molar-refractivity contribution is 0.431. The Morgan fingerprint density at radius 3 is 2.48 bits per heavy atom. The van der Waals surface area contributed by atoms with E-state index in [1.807, 2.05) is 0 Å². The summed E-state index contributed by atoms with van der Waals surface area (Å²) >= 11 is 0. The molecular weight excluding hydrogens is 312 g/mol. The third-order valence-electron chi connectivity index (χ3n) is 3.50. The first-order valence-electron chi connectivity index (χ1n) is 6.74. The highest BCUT2D eigenvalue weighted by Gasteiger charge is 2.27. The Kier molecular flexibility index (Phi) is 4.72. The van der Waals surface area contributed by atoms with Crippen molar-refractivity contribution < 1.29 is 16.8 Å². The molecule has 0 unspecified atom stereocenters. The number of nitrogens with one attached hydrogen (secondary N) is 1. The second-order valence-electron chi connectivity index (χ2n) is 5.21. The molecule has 1 aliphatic heterocycles. The first-order valence-corrected chi connectivity index (χ1v) is 10.1. The molecule has 1 aromatic carbocycles. The standard InChI is InChI=1S/C13H20N2O4S2/c1-11-4-5-12(20(2,16)17)10-13(11)21(18,19)15-8-3-6-14-7-9-15/h4-5,10,14H,3,6-9H2,1-2H3. The van der Waals surface area contributed by atoms with Crippen LogP contribution in [0.25, 0.3) is 0 Å². The average Bonchev–Trinajstić information content (AvgIpc) is 2.66. The van der Waals surface area contributed by atoms with Crippen LogP contribution in [-0.4, -0.2) is 53.6 Å². The van der Waals surface area contributed by atoms with E-state index in [9.17, 15) is 16.8 Å². The molecule has 118 valence electrons. The van der Waals surface area contributed by atoms with E-state index in [0.29, 0.717) is 25.2 Å². The van der Waals surface area contributed by atoms with E-state index in [1.165, 1.54) is 16.4 Å². The van der Waals surface area contributed by atoms with Crippen molar-refractivity contribution in [3.8, 4) is 0 Å². The minimum absolute atomic E-state index is 0.0274. The Hall–Kier alpha value is -0.960. The van der Waals surface area contributed by atoms with Gasteiger partial charge in [0.1, 0.15) is 0 Å². The van der Waals surface area contributed by atoms with Crippen LogP contribution < -0.4 is 5.32 Å². The molecule has 1 fully saturated rings. The average molecular weight is 332 g/mol. The van der Waals surface area contributed by atoms with Crippen LogP contribution in [0.3, 0.4) is 0 Å². The van der Waals surface area contributed by atoms with Crippen LogP contribution in [0.5, 0.6) is 0 Å². The number of rotatable bonds is 3. The molecule has 1 saturated heterocycles. The first kappa shape index (κ1) is 16.4. The van der Waals surface area contributed by atoms with Gasteiger partial charge in [-0.05, 0) is 37.6 Å². The molecule has 0 spiro atoms. The van der Waals surface area contributed by atoms with Crippen LogP contribution in [0.1, 0.15) is 12.0 Å². The molecule has 0 aromatic heterocycles. The molecule has 0 aliphatic carbocycles. The number of sulfonamides is 1. The SMILES string of the molecule is Cc1ccc(S(C)(=O)=O)cc1S(=O)(=O)N1CCCNCC1. The van der Waals surface area contributed by atoms with Crippen LogP contribution in [0.2, 0.25) is 0 Å². The minimum Gasteiger partial charge on any atom is -0.315 e. The van der Waals surface area contributed by atoms with Crippen LogP contribution >= 0.6 is 0 Å². The van der Waals surface area contributed by atoms with Gasteiger partial charge in [-0.1, -0.05) is 6.07 Å². The summed E-state index contributed by atoms with van der Waals surface area (Å²) < 4.78 is 50.2. The Morgan fingerprint density at radius 1 is 1.10 bits per heavy atom. The fourth-order valence-electron chi connectivity index (χ4n) is 2.29. The van der Waals surface area contributed by atoms with Gasteiger partial charge in [0.2, 0.25) is 10.0 Å². The van der Waals surface area contributed by atoms with Gasteiger partial charge >= 0.3 is 0 Å². The number of hydrogen-bond acceptors (Lipinski definition) is 5. The number of sulfone groups is 1. The van der Waals surface area contributed by atoms with E-state index in [0.717, 1.165) is 19.2 Å². The summed E-state index contributed by atoms with van der Waals surface area (Å²) in [5.41, 5.74) is 0.555. The highest BCUT2D eigenvalue weighted by atomic mass is 32.2. The molecule has 6 nitrogen and oxygen atoms in total. The van der Waals surface area contributed by atoms with Gasteiger partial charge in [-0.3, -0.25) is 0 Å². The van der Waals surface area contributed by atoms with E-state index < -0.39 is 19.9 Å². The lowest BCUT2D eigenvalue weighted by atomic mass is 10.2. The van der Waals surface area contributed by atoms with Crippen LogP contribution in [0, 0.1) is 6.92 Å². The maximum Gasteiger partial charge on any atom is 0.243 e. The number of benzene rings is 1. The van der Waals surface area contributed by atoms with Gasteiger partial charge in [0.15, 0.2) is 9.84 Å². The van der Waals surface area contributed by atoms with Crippen molar-refractivity contribution in [1.82, 2.24) is 9.62 Å². The molecule has 21 heavy (non-hydrogen) atoms. The van der Waals surface area contributed by atoms with E-state index >= 15 is 0 Å². The predicted octanol–water partition coefficient (Wildman–Crippen LogP) is 0.383. The monoisotopic (exact) mass is 332 g/mol. The van der Waals surface area contributed by atoms with Gasteiger partial charge in [-0.25, -0.2) is 16.8 Å². The maximum absolute atomic E-state index is 12.7.